The fraction of sp³-hybridized carbons (Fsp3) is 0.300. The first-order valence-corrected chi connectivity index (χ1v) is 5.54. The van der Waals surface area contributed by atoms with Gasteiger partial charge in [-0.25, -0.2) is 0 Å². The number of para-hydroxylation sites is 1. The van der Waals surface area contributed by atoms with Crippen LogP contribution in [0.2, 0.25) is 0 Å². The number of nitrogens with one attached hydrogen (secondary N) is 1. The molecule has 20 heavy (non-hydrogen) atoms. The maximum absolute atomic E-state index is 10.9. The van der Waals surface area contributed by atoms with Crippen LogP contribution in [-0.4, -0.2) is 38.0 Å². The van der Waals surface area contributed by atoms with Gasteiger partial charge in [-0.15, -0.1) is 0 Å². The number of hydrogen-bond acceptors (Lipinski definition) is 6. The summed E-state index contributed by atoms with van der Waals surface area (Å²) in [5.41, 5.74) is 8.18. The van der Waals surface area contributed by atoms with Crippen molar-refractivity contribution in [3.8, 4) is 0 Å². The van der Waals surface area contributed by atoms with Crippen LogP contribution in [0.1, 0.15) is 11.8 Å². The van der Waals surface area contributed by atoms with Crippen LogP contribution in [0.25, 0.3) is 21.3 Å². The minimum atomic E-state index is -1.40. The zero-order valence-corrected chi connectivity index (χ0v) is 10.0. The molecule has 2 rings (SSSR count). The molecule has 2 aromatic rings. The van der Waals surface area contributed by atoms with Crippen molar-refractivity contribution in [1.29, 1.82) is 0 Å². The molecule has 0 aliphatic heterocycles. The summed E-state index contributed by atoms with van der Waals surface area (Å²) in [6, 6.07) is 4.27. The molecule has 0 radical (unpaired) electrons. The van der Waals surface area contributed by atoms with Crippen LogP contribution in [-0.2, 0) is 0 Å². The molecular formula is C10H10N6O4. The van der Waals surface area contributed by atoms with E-state index in [9.17, 15) is 20.3 Å². The van der Waals surface area contributed by atoms with Gasteiger partial charge in [0.1, 0.15) is 6.10 Å². The highest BCUT2D eigenvalue weighted by molar-refractivity contribution is 5.89. The molecule has 10 nitrogen and oxygen atoms in total. The molecule has 0 fully saturated rings. The lowest BCUT2D eigenvalue weighted by atomic mass is 10.1. The Morgan fingerprint density at radius 3 is 2.95 bits per heavy atom. The summed E-state index contributed by atoms with van der Waals surface area (Å²) in [6.45, 7) is -0.326. The summed E-state index contributed by atoms with van der Waals surface area (Å²) in [6.07, 6.45) is -2.73. The van der Waals surface area contributed by atoms with E-state index in [-0.39, 0.29) is 23.4 Å². The van der Waals surface area contributed by atoms with Gasteiger partial charge in [0.05, 0.1) is 23.3 Å². The molecule has 0 saturated carbocycles. The van der Waals surface area contributed by atoms with Crippen molar-refractivity contribution in [2.75, 3.05) is 6.54 Å². The molecule has 0 amide bonds. The van der Waals surface area contributed by atoms with Crippen molar-refractivity contribution in [3.63, 3.8) is 0 Å². The highest BCUT2D eigenvalue weighted by atomic mass is 16.6. The van der Waals surface area contributed by atoms with Crippen molar-refractivity contribution in [3.05, 3.63) is 44.5 Å². The van der Waals surface area contributed by atoms with Gasteiger partial charge in [0.25, 0.3) is 5.69 Å². The second-order valence-corrected chi connectivity index (χ2v) is 3.99. The van der Waals surface area contributed by atoms with E-state index < -0.39 is 17.1 Å². The predicted molar refractivity (Wildman–Crippen MR) is 67.7 cm³/mol. The number of rotatable bonds is 5. The summed E-state index contributed by atoms with van der Waals surface area (Å²) < 4.78 is 0. The van der Waals surface area contributed by atoms with Gasteiger partial charge < -0.3 is 10.2 Å². The first-order valence-electron chi connectivity index (χ1n) is 5.54. The number of hydrogen-bond donors (Lipinski definition) is 3. The Balaban J connectivity index is 2.43. The molecular weight excluding hydrogens is 268 g/mol. The molecule has 10 heteroatoms. The number of aliphatic hydroxyl groups excluding tert-OH is 2. The minimum Gasteiger partial charge on any atom is -0.390 e. The third-order valence-corrected chi connectivity index (χ3v) is 2.78. The number of non-ortho nitro benzene ring substituents is 1. The largest absolute Gasteiger partial charge is 0.390 e. The van der Waals surface area contributed by atoms with Crippen molar-refractivity contribution >= 4 is 16.6 Å². The van der Waals surface area contributed by atoms with Crippen molar-refractivity contribution in [2.45, 2.75) is 12.2 Å². The van der Waals surface area contributed by atoms with Crippen molar-refractivity contribution in [1.82, 2.24) is 10.2 Å². The number of aromatic amines is 1. The van der Waals surface area contributed by atoms with Gasteiger partial charge in [-0.3, -0.25) is 15.2 Å². The third-order valence-electron chi connectivity index (χ3n) is 2.78. The SMILES string of the molecule is [N-]=[N+]=NCC(O)C(O)c1[nH]nc2c([N+](=O)[O-])cccc12. The number of aromatic nitrogens is 2. The molecule has 0 aliphatic rings. The maximum Gasteiger partial charge on any atom is 0.297 e. The number of nitro benzene ring substituents is 1. The lowest BCUT2D eigenvalue weighted by molar-refractivity contribution is -0.383. The van der Waals surface area contributed by atoms with Crippen LogP contribution in [0.4, 0.5) is 5.69 Å². The number of nitrogens with zero attached hydrogens (tertiary/aromatic N) is 5. The Labute approximate surface area is 111 Å². The Kier molecular flexibility index (Phi) is 3.80. The molecule has 2 unspecified atom stereocenters. The quantitative estimate of drug-likeness (QED) is 0.245. The first-order chi connectivity index (χ1) is 9.56. The highest BCUT2D eigenvalue weighted by Gasteiger charge is 2.24. The van der Waals surface area contributed by atoms with Crippen LogP contribution >= 0.6 is 0 Å². The average Bonchev–Trinajstić information content (AvgIpc) is 2.87. The number of H-pyrrole nitrogens is 1. The van der Waals surface area contributed by atoms with E-state index in [0.29, 0.717) is 5.39 Å². The van der Waals surface area contributed by atoms with Gasteiger partial charge in [0.2, 0.25) is 0 Å². The van der Waals surface area contributed by atoms with Crippen LogP contribution in [0, 0.1) is 10.1 Å². The second kappa shape index (κ2) is 5.53. The lowest BCUT2D eigenvalue weighted by Gasteiger charge is -2.14. The monoisotopic (exact) mass is 278 g/mol. The van der Waals surface area contributed by atoms with E-state index in [4.69, 9.17) is 5.53 Å². The topological polar surface area (TPSA) is 161 Å². The zero-order chi connectivity index (χ0) is 14.7. The van der Waals surface area contributed by atoms with E-state index in [2.05, 4.69) is 20.2 Å². The number of aliphatic hydroxyl groups is 2. The van der Waals surface area contributed by atoms with Gasteiger partial charge in [-0.05, 0) is 5.53 Å². The number of fused-ring (bicyclic) bond motifs is 1. The molecule has 2 atom stereocenters. The predicted octanol–water partition coefficient (Wildman–Crippen LogP) is 1.18. The van der Waals surface area contributed by atoms with Crippen LogP contribution < -0.4 is 0 Å². The Bertz CT molecular complexity index is 692. The number of benzene rings is 1. The Morgan fingerprint density at radius 2 is 2.30 bits per heavy atom. The summed E-state index contributed by atoms with van der Waals surface area (Å²) in [5.74, 6) is 0. The smallest absolute Gasteiger partial charge is 0.297 e. The van der Waals surface area contributed by atoms with Gasteiger partial charge in [0.15, 0.2) is 5.52 Å². The molecule has 3 N–H and O–H groups in total. The average molecular weight is 278 g/mol. The van der Waals surface area contributed by atoms with Gasteiger partial charge in [-0.1, -0.05) is 17.2 Å². The molecule has 0 aliphatic carbocycles. The molecule has 104 valence electrons. The van der Waals surface area contributed by atoms with E-state index >= 15 is 0 Å². The fourth-order valence-corrected chi connectivity index (χ4v) is 1.83. The fourth-order valence-electron chi connectivity index (χ4n) is 1.83. The molecule has 1 aromatic heterocycles. The third kappa shape index (κ3) is 2.38. The second-order valence-electron chi connectivity index (χ2n) is 3.99. The van der Waals surface area contributed by atoms with Gasteiger partial charge in [0, 0.05) is 16.4 Å². The van der Waals surface area contributed by atoms with Crippen molar-refractivity contribution < 1.29 is 15.1 Å². The van der Waals surface area contributed by atoms with Crippen LogP contribution in [0.5, 0.6) is 0 Å². The minimum absolute atomic E-state index is 0.0857. The van der Waals surface area contributed by atoms with E-state index in [1.165, 1.54) is 18.2 Å². The molecule has 1 aromatic carbocycles. The van der Waals surface area contributed by atoms with Crippen LogP contribution in [0.15, 0.2) is 23.3 Å². The molecule has 0 spiro atoms. The zero-order valence-electron chi connectivity index (χ0n) is 10.0. The Morgan fingerprint density at radius 1 is 1.55 bits per heavy atom. The first kappa shape index (κ1) is 13.7. The van der Waals surface area contributed by atoms with E-state index in [1.54, 1.807) is 0 Å². The molecule has 1 heterocycles. The van der Waals surface area contributed by atoms with Gasteiger partial charge >= 0.3 is 0 Å². The molecule has 0 saturated heterocycles. The summed E-state index contributed by atoms with van der Waals surface area (Å²) in [5, 5.41) is 40.2. The van der Waals surface area contributed by atoms with Crippen molar-refractivity contribution in [2.24, 2.45) is 5.11 Å². The lowest BCUT2D eigenvalue weighted by Crippen LogP contribution is -2.21. The Hall–Kier alpha value is -2.68. The number of azide groups is 1. The standard InChI is InChI=1S/C10H10N6O4/c11-15-12-4-7(17)10(18)9-5-2-1-3-6(16(19)20)8(5)13-14-9/h1-3,7,10,17-18H,4H2,(H,13,14). The summed E-state index contributed by atoms with van der Waals surface area (Å²) >= 11 is 0. The van der Waals surface area contributed by atoms with E-state index in [1.807, 2.05) is 0 Å². The highest BCUT2D eigenvalue weighted by Crippen LogP contribution is 2.29. The summed E-state index contributed by atoms with van der Waals surface area (Å²) in [4.78, 5) is 12.7. The molecule has 0 bridgehead atoms. The van der Waals surface area contributed by atoms with Gasteiger partial charge in [-0.2, -0.15) is 5.10 Å². The normalized spacial score (nSPS) is 13.7. The summed E-state index contributed by atoms with van der Waals surface area (Å²) in [7, 11) is 0. The number of nitro groups is 1. The van der Waals surface area contributed by atoms with Crippen LogP contribution in [0.3, 0.4) is 0 Å². The maximum atomic E-state index is 10.9. The van der Waals surface area contributed by atoms with E-state index in [0.717, 1.165) is 0 Å².